The smallest absolute Gasteiger partial charge is 0.339 e. The van der Waals surface area contributed by atoms with E-state index in [9.17, 15) is 21.6 Å². The van der Waals surface area contributed by atoms with Gasteiger partial charge in [0.2, 0.25) is 0 Å². The van der Waals surface area contributed by atoms with Gasteiger partial charge < -0.3 is 19.0 Å². The van der Waals surface area contributed by atoms with Gasteiger partial charge in [0.1, 0.15) is 21.3 Å². The van der Waals surface area contributed by atoms with Crippen molar-refractivity contribution in [1.82, 2.24) is 0 Å². The van der Waals surface area contributed by atoms with Crippen LogP contribution >= 0.6 is 0 Å². The minimum absolute atomic E-state index is 0.0748. The number of rotatable bonds is 8. The number of nitrogens with one attached hydrogen (secondary N) is 2. The highest BCUT2D eigenvalue weighted by Gasteiger charge is 2.20. The molecule has 0 aliphatic carbocycles. The second kappa shape index (κ2) is 11.0. The summed E-state index contributed by atoms with van der Waals surface area (Å²) >= 11 is 0. The zero-order valence-corrected chi connectivity index (χ0v) is 22.0. The van der Waals surface area contributed by atoms with Crippen molar-refractivity contribution in [1.29, 1.82) is 0 Å². The zero-order valence-electron chi connectivity index (χ0n) is 20.4. The third-order valence-electron chi connectivity index (χ3n) is 5.36. The predicted molar refractivity (Wildman–Crippen MR) is 144 cm³/mol. The highest BCUT2D eigenvalue weighted by molar-refractivity contribution is 7.87. The predicted octanol–water partition coefficient (Wildman–Crippen LogP) is 5.48. The van der Waals surface area contributed by atoms with E-state index in [1.54, 1.807) is 50.2 Å². The van der Waals surface area contributed by atoms with Crippen LogP contribution in [0.25, 0.3) is 0 Å². The summed E-state index contributed by atoms with van der Waals surface area (Å²) in [5, 5.41) is 5.24. The molecule has 0 spiro atoms. The van der Waals surface area contributed by atoms with Crippen molar-refractivity contribution in [2.45, 2.75) is 23.6 Å². The van der Waals surface area contributed by atoms with E-state index >= 15 is 0 Å². The lowest BCUT2D eigenvalue weighted by atomic mass is 10.2. The summed E-state index contributed by atoms with van der Waals surface area (Å²) in [7, 11) is -8.00. The fraction of sp³-hybridized carbons (Fsp3) is 0.0741. The molecule has 4 aromatic rings. The van der Waals surface area contributed by atoms with E-state index in [4.69, 9.17) is 8.37 Å². The van der Waals surface area contributed by atoms with Gasteiger partial charge in [-0.25, -0.2) is 4.79 Å². The molecule has 0 radical (unpaired) electrons. The average molecular weight is 553 g/mol. The Bertz CT molecular complexity index is 1540. The van der Waals surface area contributed by atoms with Gasteiger partial charge in [-0.05, 0) is 85.6 Å². The van der Waals surface area contributed by atoms with Crippen LogP contribution in [0.1, 0.15) is 11.1 Å². The molecular weight excluding hydrogens is 528 g/mol. The SMILES string of the molecule is Cc1ccccc1S(=O)(=O)Oc1ccc(NC(=O)Nc2ccc(OS(=O)(=O)c3ccccc3C)cc2)cc1. The molecule has 0 bridgehead atoms. The summed E-state index contributed by atoms with van der Waals surface area (Å²) in [6.45, 7) is 3.35. The van der Waals surface area contributed by atoms with Crippen molar-refractivity contribution >= 4 is 37.6 Å². The van der Waals surface area contributed by atoms with E-state index < -0.39 is 26.3 Å². The van der Waals surface area contributed by atoms with Crippen LogP contribution in [0.2, 0.25) is 0 Å². The topological polar surface area (TPSA) is 128 Å². The fourth-order valence-electron chi connectivity index (χ4n) is 3.50. The summed E-state index contributed by atoms with van der Waals surface area (Å²) in [6, 6.07) is 24.1. The lowest BCUT2D eigenvalue weighted by Gasteiger charge is -2.11. The monoisotopic (exact) mass is 552 g/mol. The lowest BCUT2D eigenvalue weighted by Crippen LogP contribution is -2.19. The summed E-state index contributed by atoms with van der Waals surface area (Å²) < 4.78 is 60.5. The number of benzene rings is 4. The molecule has 2 N–H and O–H groups in total. The molecule has 0 saturated carbocycles. The van der Waals surface area contributed by atoms with Gasteiger partial charge >= 0.3 is 26.3 Å². The maximum atomic E-state index is 12.5. The molecule has 0 heterocycles. The van der Waals surface area contributed by atoms with Crippen LogP contribution in [0.3, 0.4) is 0 Å². The maximum absolute atomic E-state index is 12.5. The van der Waals surface area contributed by atoms with Crippen molar-refractivity contribution < 1.29 is 30.0 Å². The van der Waals surface area contributed by atoms with E-state index in [2.05, 4.69) is 10.6 Å². The van der Waals surface area contributed by atoms with Gasteiger partial charge in [0.25, 0.3) is 0 Å². The third kappa shape index (κ3) is 6.50. The Balaban J connectivity index is 1.34. The molecule has 196 valence electrons. The molecule has 0 atom stereocenters. The summed E-state index contributed by atoms with van der Waals surface area (Å²) in [4.78, 5) is 12.5. The van der Waals surface area contributed by atoms with Crippen molar-refractivity contribution in [2.75, 3.05) is 10.6 Å². The number of anilines is 2. The Hall–Kier alpha value is -4.35. The standard InChI is InChI=1S/C27H24N2O7S2/c1-19-7-3-5-9-25(19)37(31,32)35-23-15-11-21(12-16-23)28-27(30)29-22-13-17-24(18-14-22)36-38(33,34)26-10-6-4-8-20(26)2/h3-18H,1-2H3,(H2,28,29,30). The largest absolute Gasteiger partial charge is 0.379 e. The molecule has 0 aliphatic rings. The number of carbonyl (C=O) groups excluding carboxylic acids is 1. The summed E-state index contributed by atoms with van der Waals surface area (Å²) in [5.74, 6) is 0.186. The highest BCUT2D eigenvalue weighted by Crippen LogP contribution is 2.24. The van der Waals surface area contributed by atoms with Gasteiger partial charge in [-0.2, -0.15) is 16.8 Å². The van der Waals surface area contributed by atoms with Gasteiger partial charge in [-0.1, -0.05) is 36.4 Å². The lowest BCUT2D eigenvalue weighted by molar-refractivity contribution is 0.262. The molecule has 0 saturated heterocycles. The van der Waals surface area contributed by atoms with Gasteiger partial charge in [0.05, 0.1) is 0 Å². The van der Waals surface area contributed by atoms with Crippen LogP contribution in [-0.4, -0.2) is 22.9 Å². The maximum Gasteiger partial charge on any atom is 0.339 e. The minimum atomic E-state index is -4.00. The number of hydrogen-bond donors (Lipinski definition) is 2. The van der Waals surface area contributed by atoms with Crippen LogP contribution in [0.4, 0.5) is 16.2 Å². The first-order valence-electron chi connectivity index (χ1n) is 11.3. The van der Waals surface area contributed by atoms with Gasteiger partial charge in [-0.15, -0.1) is 0 Å². The Morgan fingerprint density at radius 1 is 0.553 bits per heavy atom. The molecule has 4 aromatic carbocycles. The first-order valence-corrected chi connectivity index (χ1v) is 14.1. The van der Waals surface area contributed by atoms with Gasteiger partial charge in [0.15, 0.2) is 0 Å². The molecule has 11 heteroatoms. The van der Waals surface area contributed by atoms with E-state index in [0.29, 0.717) is 22.5 Å². The van der Waals surface area contributed by atoms with E-state index in [1.807, 2.05) is 0 Å². The van der Waals surface area contributed by atoms with Crippen LogP contribution in [0.5, 0.6) is 11.5 Å². The van der Waals surface area contributed by atoms with Crippen LogP contribution < -0.4 is 19.0 Å². The number of amides is 2. The zero-order chi connectivity index (χ0) is 27.3. The Kier molecular flexibility index (Phi) is 7.70. The summed E-state index contributed by atoms with van der Waals surface area (Å²) in [5.41, 5.74) is 1.92. The molecule has 0 fully saturated rings. The van der Waals surface area contributed by atoms with Crippen molar-refractivity contribution in [3.05, 3.63) is 108 Å². The first-order chi connectivity index (χ1) is 18.0. The number of urea groups is 1. The van der Waals surface area contributed by atoms with E-state index in [0.717, 1.165) is 0 Å². The van der Waals surface area contributed by atoms with Crippen molar-refractivity contribution in [3.63, 3.8) is 0 Å². The first kappa shape index (κ1) is 26.7. The molecule has 2 amide bonds. The Labute approximate surface area is 221 Å². The van der Waals surface area contributed by atoms with Gasteiger partial charge in [-0.3, -0.25) is 0 Å². The highest BCUT2D eigenvalue weighted by atomic mass is 32.2. The van der Waals surface area contributed by atoms with Crippen molar-refractivity contribution in [3.8, 4) is 11.5 Å². The van der Waals surface area contributed by atoms with Crippen LogP contribution in [0, 0.1) is 13.8 Å². The summed E-state index contributed by atoms with van der Waals surface area (Å²) in [6.07, 6.45) is 0. The number of carbonyl (C=O) groups is 1. The number of hydrogen-bond acceptors (Lipinski definition) is 7. The second-order valence-corrected chi connectivity index (χ2v) is 11.3. The molecule has 4 rings (SSSR count). The van der Waals surface area contributed by atoms with E-state index in [-0.39, 0.29) is 21.3 Å². The molecule has 0 aromatic heterocycles. The average Bonchev–Trinajstić information content (AvgIpc) is 2.86. The van der Waals surface area contributed by atoms with Gasteiger partial charge in [0, 0.05) is 11.4 Å². The molecular formula is C27H24N2O7S2. The quantitative estimate of drug-likeness (QED) is 0.277. The fourth-order valence-corrected chi connectivity index (χ4v) is 5.82. The Morgan fingerprint density at radius 2 is 0.895 bits per heavy atom. The Morgan fingerprint density at radius 3 is 1.24 bits per heavy atom. The second-order valence-electron chi connectivity index (χ2n) is 8.23. The number of aryl methyl sites for hydroxylation is 2. The molecule has 0 unspecified atom stereocenters. The molecule has 38 heavy (non-hydrogen) atoms. The minimum Gasteiger partial charge on any atom is -0.379 e. The van der Waals surface area contributed by atoms with Crippen LogP contribution in [0.15, 0.2) is 107 Å². The normalized spacial score (nSPS) is 11.4. The van der Waals surface area contributed by atoms with E-state index in [1.165, 1.54) is 60.7 Å². The third-order valence-corrected chi connectivity index (χ3v) is 8.18. The molecule has 0 aliphatic heterocycles. The molecule has 9 nitrogen and oxygen atoms in total. The van der Waals surface area contributed by atoms with Crippen molar-refractivity contribution in [2.24, 2.45) is 0 Å². The van der Waals surface area contributed by atoms with Crippen LogP contribution in [-0.2, 0) is 20.2 Å².